The van der Waals surface area contributed by atoms with Gasteiger partial charge in [0.15, 0.2) is 0 Å². The minimum atomic E-state index is 0.692. The van der Waals surface area contributed by atoms with Gasteiger partial charge in [-0.15, -0.1) is 0 Å². The van der Waals surface area contributed by atoms with E-state index in [0.29, 0.717) is 33.0 Å². The molecule has 10 heteroatoms. The zero-order valence-corrected chi connectivity index (χ0v) is 85.3. The molecule has 10 nitrogen and oxygen atoms in total. The highest BCUT2D eigenvalue weighted by Crippen LogP contribution is 2.42. The second-order valence-electron chi connectivity index (χ2n) is 35.6. The molecule has 0 fully saturated rings. The van der Waals surface area contributed by atoms with Gasteiger partial charge in [-0.2, -0.15) is 0 Å². The average Bonchev–Trinajstić information content (AvgIpc) is 0.822. The smallest absolute Gasteiger partial charge is 0.119 e. The molecule has 0 spiro atoms. The average molecular weight is 1860 g/mol. The topological polar surface area (TPSA) is 62.4 Å². The Hall–Kier alpha value is -14.2. The summed E-state index contributed by atoms with van der Waals surface area (Å²) in [6.45, 7) is 19.1. The molecule has 0 heterocycles. The number of allylic oxidation sites excluding steroid dienone is 5. The lowest BCUT2D eigenvalue weighted by Gasteiger charge is -2.17. The zero-order chi connectivity index (χ0) is 98.8. The van der Waals surface area contributed by atoms with Gasteiger partial charge in [0.05, 0.1) is 0 Å². The fourth-order valence-corrected chi connectivity index (χ4v) is 16.7. The van der Waals surface area contributed by atoms with Crippen LogP contribution in [-0.4, -0.2) is 161 Å². The predicted octanol–water partition coefficient (Wildman–Crippen LogP) is 30.0. The van der Waals surface area contributed by atoms with Gasteiger partial charge in [0.1, 0.15) is 61.8 Å². The third kappa shape index (κ3) is 33.6. The molecular formula is C130H145N5O5. The molecule has 0 atom stereocenters. The fourth-order valence-electron chi connectivity index (χ4n) is 16.7. The van der Waals surface area contributed by atoms with Gasteiger partial charge in [-0.25, -0.2) is 0 Å². The number of ether oxygens (including phenoxy) is 5. The quantitative estimate of drug-likeness (QED) is 0.0347. The van der Waals surface area contributed by atoms with E-state index in [1.165, 1.54) is 139 Å². The van der Waals surface area contributed by atoms with Crippen LogP contribution in [0.2, 0.25) is 0 Å². The van der Waals surface area contributed by atoms with Crippen molar-refractivity contribution in [2.75, 3.05) is 136 Å². The molecule has 0 saturated carbocycles. The Morgan fingerprint density at radius 3 is 0.357 bits per heavy atom. The van der Waals surface area contributed by atoms with Crippen molar-refractivity contribution in [1.82, 2.24) is 24.5 Å². The van der Waals surface area contributed by atoms with E-state index in [-0.39, 0.29) is 0 Å². The summed E-state index contributed by atoms with van der Waals surface area (Å²) in [6.07, 6.45) is 4.84. The highest BCUT2D eigenvalue weighted by molar-refractivity contribution is 6.03. The Balaban J connectivity index is 0.000000167. The van der Waals surface area contributed by atoms with Crippen LogP contribution in [0.25, 0.3) is 55.7 Å². The molecule has 15 aromatic carbocycles. The largest absolute Gasteiger partial charge is 0.492 e. The van der Waals surface area contributed by atoms with Crippen molar-refractivity contribution < 1.29 is 23.7 Å². The Morgan fingerprint density at radius 2 is 0.250 bits per heavy atom. The van der Waals surface area contributed by atoms with Crippen LogP contribution in [0.3, 0.4) is 0 Å². The Labute approximate surface area is 838 Å². The van der Waals surface area contributed by atoms with E-state index in [1.54, 1.807) is 0 Å². The van der Waals surface area contributed by atoms with Crippen molar-refractivity contribution in [2.45, 2.75) is 66.7 Å². The van der Waals surface area contributed by atoms with Crippen LogP contribution in [0.15, 0.2) is 425 Å². The molecule has 140 heavy (non-hydrogen) atoms. The molecule has 0 amide bonds. The molecule has 0 aromatic heterocycles. The third-order valence-electron chi connectivity index (χ3n) is 24.0. The zero-order valence-electron chi connectivity index (χ0n) is 85.3. The van der Waals surface area contributed by atoms with E-state index in [0.717, 1.165) is 93.6 Å². The van der Waals surface area contributed by atoms with Crippen LogP contribution in [0, 0.1) is 0 Å². The summed E-state index contributed by atoms with van der Waals surface area (Å²) < 4.78 is 29.4. The second-order valence-corrected chi connectivity index (χ2v) is 35.6. The summed E-state index contributed by atoms with van der Waals surface area (Å²) in [4.78, 5) is 10.6. The second kappa shape index (κ2) is 58.5. The maximum absolute atomic E-state index is 5.87. The summed E-state index contributed by atoms with van der Waals surface area (Å²) in [7, 11) is 20.5. The summed E-state index contributed by atoms with van der Waals surface area (Å²) >= 11 is 0. The van der Waals surface area contributed by atoms with Gasteiger partial charge in [-0.3, -0.25) is 0 Å². The molecule has 720 valence electrons. The van der Waals surface area contributed by atoms with E-state index in [9.17, 15) is 0 Å². The van der Waals surface area contributed by atoms with E-state index < -0.39 is 0 Å². The summed E-state index contributed by atoms with van der Waals surface area (Å²) in [5.41, 5.74) is 31.8. The van der Waals surface area contributed by atoms with Gasteiger partial charge in [-0.05, 0) is 302 Å². The molecule has 15 aromatic rings. The number of hydrogen-bond donors (Lipinski definition) is 0. The summed E-state index contributed by atoms with van der Waals surface area (Å²) in [5.74, 6) is 4.56. The maximum Gasteiger partial charge on any atom is 0.119 e. The first-order valence-electron chi connectivity index (χ1n) is 49.5. The predicted molar refractivity (Wildman–Crippen MR) is 598 cm³/mol. The molecule has 0 aliphatic rings. The third-order valence-corrected chi connectivity index (χ3v) is 24.0. The van der Waals surface area contributed by atoms with Crippen molar-refractivity contribution >= 4 is 55.7 Å². The first kappa shape index (κ1) is 106. The van der Waals surface area contributed by atoms with Crippen molar-refractivity contribution in [3.63, 3.8) is 0 Å². The molecule has 0 radical (unpaired) electrons. The van der Waals surface area contributed by atoms with Gasteiger partial charge in [-0.1, -0.05) is 399 Å². The minimum absolute atomic E-state index is 0.692. The molecule has 0 bridgehead atoms. The lowest BCUT2D eigenvalue weighted by Crippen LogP contribution is -2.19. The van der Waals surface area contributed by atoms with Gasteiger partial charge < -0.3 is 48.2 Å². The lowest BCUT2D eigenvalue weighted by atomic mass is 9.88. The fraction of sp³-hybridized carbons (Fsp3) is 0.231. The molecule has 0 aliphatic heterocycles. The number of hydrogen-bond acceptors (Lipinski definition) is 10. The van der Waals surface area contributed by atoms with Gasteiger partial charge in [0.25, 0.3) is 0 Å². The number of likely N-dealkylation sites (N-methyl/N-ethyl adjacent to an activating group) is 5. The monoisotopic (exact) mass is 1860 g/mol. The van der Waals surface area contributed by atoms with E-state index in [4.69, 9.17) is 23.7 Å². The molecule has 15 rings (SSSR count). The van der Waals surface area contributed by atoms with Crippen LogP contribution < -0.4 is 23.7 Å². The van der Waals surface area contributed by atoms with Crippen molar-refractivity contribution in [3.05, 3.63) is 508 Å². The molecular weight excluding hydrogens is 1710 g/mol. The molecule has 0 saturated heterocycles. The van der Waals surface area contributed by atoms with Gasteiger partial charge in [0.2, 0.25) is 0 Å². The first-order valence-corrected chi connectivity index (χ1v) is 49.5. The van der Waals surface area contributed by atoms with Crippen LogP contribution in [0.1, 0.15) is 150 Å². The molecule has 0 unspecified atom stereocenters. The SMILES string of the molecule is CC/C(=C(\c1ccccc1)c1ccc(OCCN(C)C)cc1)c1ccccc1.CC/C(=C(\c1ccccc1)c1ccc(OCCN(C)C)cc1)c1ccccc1.CC/C(=C(\c1ccccc1)c1ccc(OCCN(C)C)cc1)c1ccccc1.CC/C(=C(\c1ccccc1)c1ccc(OCCN(C)C)cc1)c1ccccc1.CC/C(=C(\c1ccccc1)c1ccc(OCCN(C)C)cc1)c1ccccc1. The molecule has 0 N–H and O–H groups in total. The van der Waals surface area contributed by atoms with Crippen LogP contribution in [-0.2, 0) is 0 Å². The van der Waals surface area contributed by atoms with Crippen molar-refractivity contribution in [2.24, 2.45) is 0 Å². The highest BCUT2D eigenvalue weighted by Gasteiger charge is 2.20. The minimum Gasteiger partial charge on any atom is -0.492 e. The van der Waals surface area contributed by atoms with Gasteiger partial charge >= 0.3 is 0 Å². The van der Waals surface area contributed by atoms with E-state index >= 15 is 0 Å². The molecule has 0 aliphatic carbocycles. The maximum atomic E-state index is 5.87. The number of nitrogens with zero attached hydrogens (tertiary/aromatic N) is 5. The van der Waals surface area contributed by atoms with Crippen molar-refractivity contribution in [1.29, 1.82) is 0 Å². The Morgan fingerprint density at radius 1 is 0.143 bits per heavy atom. The van der Waals surface area contributed by atoms with Gasteiger partial charge in [0, 0.05) is 32.7 Å². The standard InChI is InChI=1S/5C26H29NO/c5*1-4-25(21-11-7-5-8-12-21)26(22-13-9-6-10-14-22)23-15-17-24(18-16-23)28-20-19-27(2)3/h5*5-18H,4,19-20H2,1-3H3/b5*26-25-. The first-order chi connectivity index (χ1) is 68.4. The Kier molecular flexibility index (Phi) is 44.4. The Bertz CT molecular complexity index is 5300. The highest BCUT2D eigenvalue weighted by atomic mass is 16.5. The number of rotatable bonds is 40. The van der Waals surface area contributed by atoms with E-state index in [2.05, 4.69) is 554 Å². The lowest BCUT2D eigenvalue weighted by molar-refractivity contribution is 0.261. The number of benzene rings is 15. The van der Waals surface area contributed by atoms with Crippen LogP contribution in [0.5, 0.6) is 28.7 Å². The van der Waals surface area contributed by atoms with Crippen LogP contribution >= 0.6 is 0 Å². The summed E-state index contributed by atoms with van der Waals surface area (Å²) in [5, 5.41) is 0. The van der Waals surface area contributed by atoms with Crippen molar-refractivity contribution in [3.8, 4) is 28.7 Å². The van der Waals surface area contributed by atoms with Crippen LogP contribution in [0.4, 0.5) is 0 Å². The normalized spacial score (nSPS) is 12.0. The summed E-state index contributed by atoms with van der Waals surface area (Å²) in [6, 6.07) is 149. The van der Waals surface area contributed by atoms with E-state index in [1.807, 2.05) is 0 Å².